The molecule has 0 aliphatic heterocycles. The Morgan fingerprint density at radius 2 is 2.00 bits per heavy atom. The molecule has 1 aromatic rings. The normalized spacial score (nSPS) is 14.8. The van der Waals surface area contributed by atoms with Crippen LogP contribution in [0.1, 0.15) is 17.5 Å². The summed E-state index contributed by atoms with van der Waals surface area (Å²) in [5.41, 5.74) is 2.63. The highest BCUT2D eigenvalue weighted by Crippen LogP contribution is 2.40. The first kappa shape index (κ1) is 8.57. The number of benzene rings is 1. The predicted octanol–water partition coefficient (Wildman–Crippen LogP) is 3.41. The molecule has 64 valence electrons. The third kappa shape index (κ3) is 1.19. The van der Waals surface area contributed by atoms with E-state index >= 15 is 0 Å². The lowest BCUT2D eigenvalue weighted by atomic mass is 10.1. The van der Waals surface area contributed by atoms with Crippen LogP contribution in [-0.2, 0) is 12.8 Å². The van der Waals surface area contributed by atoms with Gasteiger partial charge in [0.15, 0.2) is 0 Å². The van der Waals surface area contributed by atoms with Gasteiger partial charge in [0.1, 0.15) is 5.75 Å². The number of fused-ring (bicyclic) bond motifs is 1. The van der Waals surface area contributed by atoms with Crippen molar-refractivity contribution in [2.75, 3.05) is 0 Å². The lowest BCUT2D eigenvalue weighted by Gasteiger charge is -2.06. The van der Waals surface area contributed by atoms with Gasteiger partial charge in [-0.1, -0.05) is 0 Å². The fraction of sp³-hybridized carbons (Fsp3) is 0.333. The molecule has 0 aromatic heterocycles. The average Bonchev–Trinajstić information content (AvgIpc) is 2.48. The minimum absolute atomic E-state index is 0.329. The number of halogens is 2. The van der Waals surface area contributed by atoms with E-state index in [0.29, 0.717) is 5.75 Å². The maximum absolute atomic E-state index is 9.58. The van der Waals surface area contributed by atoms with Crippen molar-refractivity contribution in [2.45, 2.75) is 19.3 Å². The Morgan fingerprint density at radius 3 is 2.75 bits per heavy atom. The molecule has 0 saturated carbocycles. The molecule has 0 unspecified atom stereocenters. The van der Waals surface area contributed by atoms with Crippen LogP contribution in [0.25, 0.3) is 0 Å². The van der Waals surface area contributed by atoms with Gasteiger partial charge in [-0.2, -0.15) is 0 Å². The second kappa shape index (κ2) is 3.04. The Hall–Kier alpha value is -0.0200. The van der Waals surface area contributed by atoms with Gasteiger partial charge in [0.25, 0.3) is 0 Å². The lowest BCUT2D eigenvalue weighted by molar-refractivity contribution is 0.467. The first-order valence-corrected chi connectivity index (χ1v) is 5.47. The van der Waals surface area contributed by atoms with Crippen LogP contribution in [0.5, 0.6) is 5.75 Å². The van der Waals surface area contributed by atoms with Gasteiger partial charge in [-0.3, -0.25) is 0 Å². The Morgan fingerprint density at radius 1 is 1.25 bits per heavy atom. The summed E-state index contributed by atoms with van der Waals surface area (Å²) in [5, 5.41) is 9.58. The summed E-state index contributed by atoms with van der Waals surface area (Å²) in [6, 6.07) is 2.02. The van der Waals surface area contributed by atoms with E-state index in [1.54, 1.807) is 0 Å². The van der Waals surface area contributed by atoms with Crippen LogP contribution >= 0.6 is 31.9 Å². The molecule has 1 aromatic carbocycles. The molecule has 0 heterocycles. The minimum Gasteiger partial charge on any atom is -0.506 e. The van der Waals surface area contributed by atoms with Crippen LogP contribution < -0.4 is 0 Å². The van der Waals surface area contributed by atoms with Gasteiger partial charge < -0.3 is 5.11 Å². The molecule has 0 radical (unpaired) electrons. The quantitative estimate of drug-likeness (QED) is 0.777. The topological polar surface area (TPSA) is 20.2 Å². The SMILES string of the molecule is Oc1c(Br)cc2c(c1Br)CCC2. The molecule has 0 spiro atoms. The van der Waals surface area contributed by atoms with Crippen molar-refractivity contribution in [2.24, 2.45) is 0 Å². The Labute approximate surface area is 88.0 Å². The fourth-order valence-electron chi connectivity index (χ4n) is 1.65. The molecular weight excluding hydrogens is 284 g/mol. The molecule has 1 aliphatic rings. The largest absolute Gasteiger partial charge is 0.506 e. The summed E-state index contributed by atoms with van der Waals surface area (Å²) in [5.74, 6) is 0.329. The molecule has 1 N–H and O–H groups in total. The molecule has 12 heavy (non-hydrogen) atoms. The average molecular weight is 292 g/mol. The van der Waals surface area contributed by atoms with E-state index < -0.39 is 0 Å². The number of aryl methyl sites for hydroxylation is 1. The van der Waals surface area contributed by atoms with E-state index in [2.05, 4.69) is 31.9 Å². The third-order valence-electron chi connectivity index (χ3n) is 2.26. The zero-order valence-corrected chi connectivity index (χ0v) is 9.57. The van der Waals surface area contributed by atoms with Crippen molar-refractivity contribution >= 4 is 31.9 Å². The third-order valence-corrected chi connectivity index (χ3v) is 3.72. The molecule has 0 fully saturated rings. The smallest absolute Gasteiger partial charge is 0.144 e. The molecule has 0 amide bonds. The van der Waals surface area contributed by atoms with Crippen LogP contribution in [0.4, 0.5) is 0 Å². The maximum Gasteiger partial charge on any atom is 0.144 e. The minimum atomic E-state index is 0.329. The Bertz CT molecular complexity index is 334. The van der Waals surface area contributed by atoms with Crippen LogP contribution in [0.3, 0.4) is 0 Å². The Kier molecular flexibility index (Phi) is 2.17. The van der Waals surface area contributed by atoms with Gasteiger partial charge in [0, 0.05) is 0 Å². The zero-order valence-electron chi connectivity index (χ0n) is 6.40. The molecule has 2 rings (SSSR count). The van der Waals surface area contributed by atoms with E-state index in [-0.39, 0.29) is 0 Å². The Balaban J connectivity index is 2.67. The van der Waals surface area contributed by atoms with Gasteiger partial charge in [0.05, 0.1) is 8.95 Å². The van der Waals surface area contributed by atoms with Crippen LogP contribution in [0, 0.1) is 0 Å². The number of aromatic hydroxyl groups is 1. The summed E-state index contributed by atoms with van der Waals surface area (Å²) < 4.78 is 1.65. The zero-order chi connectivity index (χ0) is 8.72. The summed E-state index contributed by atoms with van der Waals surface area (Å²) >= 11 is 6.72. The highest BCUT2D eigenvalue weighted by atomic mass is 79.9. The summed E-state index contributed by atoms with van der Waals surface area (Å²) in [4.78, 5) is 0. The molecular formula is C9H8Br2O. The van der Waals surface area contributed by atoms with E-state index in [9.17, 15) is 5.11 Å². The van der Waals surface area contributed by atoms with E-state index in [1.165, 1.54) is 17.5 Å². The molecule has 0 atom stereocenters. The van der Waals surface area contributed by atoms with Crippen molar-refractivity contribution in [1.29, 1.82) is 0 Å². The molecule has 3 heteroatoms. The van der Waals surface area contributed by atoms with Crippen LogP contribution in [0.2, 0.25) is 0 Å². The van der Waals surface area contributed by atoms with Crippen molar-refractivity contribution in [1.82, 2.24) is 0 Å². The van der Waals surface area contributed by atoms with Crippen molar-refractivity contribution in [3.05, 3.63) is 26.1 Å². The summed E-state index contributed by atoms with van der Waals surface area (Å²) in [6.45, 7) is 0. The summed E-state index contributed by atoms with van der Waals surface area (Å²) in [7, 11) is 0. The lowest BCUT2D eigenvalue weighted by Crippen LogP contribution is -1.85. The highest BCUT2D eigenvalue weighted by molar-refractivity contribution is 9.11. The van der Waals surface area contributed by atoms with Gasteiger partial charge in [-0.25, -0.2) is 0 Å². The number of phenols is 1. The number of rotatable bonds is 0. The van der Waals surface area contributed by atoms with Crippen molar-refractivity contribution < 1.29 is 5.11 Å². The van der Waals surface area contributed by atoms with Gasteiger partial charge >= 0.3 is 0 Å². The molecule has 0 saturated heterocycles. The highest BCUT2D eigenvalue weighted by Gasteiger charge is 2.18. The van der Waals surface area contributed by atoms with E-state index in [1.807, 2.05) is 6.07 Å². The molecule has 1 aliphatic carbocycles. The van der Waals surface area contributed by atoms with Gasteiger partial charge in [-0.05, 0) is 68.3 Å². The van der Waals surface area contributed by atoms with Crippen LogP contribution in [0.15, 0.2) is 15.0 Å². The maximum atomic E-state index is 9.58. The van der Waals surface area contributed by atoms with Gasteiger partial charge in [-0.15, -0.1) is 0 Å². The van der Waals surface area contributed by atoms with E-state index in [4.69, 9.17) is 0 Å². The van der Waals surface area contributed by atoms with Crippen molar-refractivity contribution in [3.8, 4) is 5.75 Å². The van der Waals surface area contributed by atoms with Gasteiger partial charge in [0.2, 0.25) is 0 Å². The first-order valence-electron chi connectivity index (χ1n) is 3.89. The molecule has 0 bridgehead atoms. The second-order valence-electron chi connectivity index (χ2n) is 3.01. The monoisotopic (exact) mass is 290 g/mol. The van der Waals surface area contributed by atoms with E-state index in [0.717, 1.165) is 21.8 Å². The number of phenolic OH excluding ortho intramolecular Hbond substituents is 1. The predicted molar refractivity (Wildman–Crippen MR) is 55.5 cm³/mol. The fourth-order valence-corrected chi connectivity index (χ4v) is 3.05. The summed E-state index contributed by atoms with van der Waals surface area (Å²) in [6.07, 6.45) is 3.41. The number of hydrogen-bond donors (Lipinski definition) is 1. The standard InChI is InChI=1S/C9H8Br2O/c10-7-4-5-2-1-3-6(5)8(11)9(7)12/h4,12H,1-3H2. The van der Waals surface area contributed by atoms with Crippen LogP contribution in [-0.4, -0.2) is 5.11 Å². The van der Waals surface area contributed by atoms with Crippen molar-refractivity contribution in [3.63, 3.8) is 0 Å². The second-order valence-corrected chi connectivity index (χ2v) is 4.66. The first-order chi connectivity index (χ1) is 5.70. The molecule has 1 nitrogen and oxygen atoms in total. The number of hydrogen-bond acceptors (Lipinski definition) is 1.